The Kier molecular flexibility index (Phi) is 6.92. The zero-order valence-electron chi connectivity index (χ0n) is 20.4. The summed E-state index contributed by atoms with van der Waals surface area (Å²) in [5, 5.41) is 6.25. The molecule has 0 unspecified atom stereocenters. The average molecular weight is 472 g/mol. The van der Waals surface area contributed by atoms with Crippen molar-refractivity contribution in [2.75, 3.05) is 19.0 Å². The van der Waals surface area contributed by atoms with Gasteiger partial charge in [0.25, 0.3) is 5.91 Å². The van der Waals surface area contributed by atoms with Crippen LogP contribution in [0.4, 0.5) is 5.82 Å². The lowest BCUT2D eigenvalue weighted by Crippen LogP contribution is -2.37. The van der Waals surface area contributed by atoms with Crippen LogP contribution in [0, 0.1) is 25.2 Å². The summed E-state index contributed by atoms with van der Waals surface area (Å²) in [5.41, 5.74) is 4.41. The second-order valence-electron chi connectivity index (χ2n) is 9.00. The van der Waals surface area contributed by atoms with E-state index in [1.54, 1.807) is 25.4 Å². The molecule has 2 aliphatic rings. The summed E-state index contributed by atoms with van der Waals surface area (Å²) in [6, 6.07) is 9.06. The first-order chi connectivity index (χ1) is 16.8. The zero-order valence-corrected chi connectivity index (χ0v) is 20.4. The van der Waals surface area contributed by atoms with E-state index in [1.165, 1.54) is 0 Å². The van der Waals surface area contributed by atoms with Crippen LogP contribution in [0.1, 0.15) is 43.7 Å². The number of nitrogens with one attached hydrogen (secondary N) is 2. The summed E-state index contributed by atoms with van der Waals surface area (Å²) in [7, 11) is 1.54. The Morgan fingerprint density at radius 3 is 2.71 bits per heavy atom. The minimum Gasteiger partial charge on any atom is -0.493 e. The van der Waals surface area contributed by atoms with E-state index in [9.17, 15) is 9.59 Å². The number of aryl methyl sites for hydroxylation is 1. The topological polar surface area (TPSA) is 89.5 Å². The second kappa shape index (κ2) is 10.1. The number of nitrogens with zero attached hydrogens (tertiary/aromatic N) is 1. The molecule has 0 saturated heterocycles. The van der Waals surface area contributed by atoms with Gasteiger partial charge in [-0.2, -0.15) is 0 Å². The molecule has 2 heterocycles. The molecule has 0 fully saturated rings. The van der Waals surface area contributed by atoms with E-state index in [2.05, 4.69) is 28.5 Å². The van der Waals surface area contributed by atoms with Crippen molar-refractivity contribution < 1.29 is 19.1 Å². The molecule has 7 nitrogen and oxygen atoms in total. The van der Waals surface area contributed by atoms with Gasteiger partial charge in [0.1, 0.15) is 12.4 Å². The maximum absolute atomic E-state index is 13.6. The van der Waals surface area contributed by atoms with Crippen molar-refractivity contribution in [3.63, 3.8) is 0 Å². The maximum atomic E-state index is 13.6. The monoisotopic (exact) mass is 471 g/mol. The molecule has 2 N–H and O–H groups in total. The highest BCUT2D eigenvalue weighted by Gasteiger charge is 2.40. The van der Waals surface area contributed by atoms with Gasteiger partial charge in [-0.3, -0.25) is 9.59 Å². The Morgan fingerprint density at radius 2 is 2.03 bits per heavy atom. The Balaban J connectivity index is 1.80. The van der Waals surface area contributed by atoms with Crippen molar-refractivity contribution in [2.24, 2.45) is 5.92 Å². The van der Waals surface area contributed by atoms with E-state index in [4.69, 9.17) is 15.9 Å². The number of terminal acetylenes is 1. The Bertz CT molecular complexity index is 1270. The van der Waals surface area contributed by atoms with Gasteiger partial charge in [0.2, 0.25) is 0 Å². The number of hydrogen-bond acceptors (Lipinski definition) is 6. The maximum Gasteiger partial charge on any atom is 0.255 e. The number of ketones is 1. The minimum absolute atomic E-state index is 0.0362. The Morgan fingerprint density at radius 1 is 1.23 bits per heavy atom. The number of pyridine rings is 1. The van der Waals surface area contributed by atoms with Crippen molar-refractivity contribution >= 4 is 17.5 Å². The van der Waals surface area contributed by atoms with E-state index in [-0.39, 0.29) is 24.2 Å². The van der Waals surface area contributed by atoms with Gasteiger partial charge >= 0.3 is 0 Å². The normalized spacial score (nSPS) is 19.5. The molecule has 4 rings (SSSR count). The Hall–Kier alpha value is -4.05. The number of amides is 1. The number of carbonyl (C=O) groups is 2. The van der Waals surface area contributed by atoms with Crippen LogP contribution in [-0.2, 0) is 9.59 Å². The fraction of sp³-hybridized carbons (Fsp3) is 0.321. The summed E-state index contributed by atoms with van der Waals surface area (Å²) in [6.07, 6.45) is 8.20. The summed E-state index contributed by atoms with van der Waals surface area (Å²) in [6.45, 7) is 5.95. The van der Waals surface area contributed by atoms with Gasteiger partial charge in [0, 0.05) is 41.1 Å². The van der Waals surface area contributed by atoms with Gasteiger partial charge in [-0.25, -0.2) is 4.98 Å². The molecule has 0 spiro atoms. The number of ether oxygens (including phenoxy) is 2. The quantitative estimate of drug-likeness (QED) is 0.612. The number of carbonyl (C=O) groups excluding carboxylic acids is 2. The first-order valence-electron chi connectivity index (χ1n) is 11.5. The molecule has 1 amide bonds. The van der Waals surface area contributed by atoms with Crippen LogP contribution in [0.2, 0.25) is 0 Å². The largest absolute Gasteiger partial charge is 0.493 e. The van der Waals surface area contributed by atoms with E-state index >= 15 is 0 Å². The van der Waals surface area contributed by atoms with E-state index in [0.717, 1.165) is 23.2 Å². The van der Waals surface area contributed by atoms with Crippen LogP contribution in [0.3, 0.4) is 0 Å². The molecular formula is C28H29N3O4. The van der Waals surface area contributed by atoms with Gasteiger partial charge in [0.05, 0.1) is 7.11 Å². The van der Waals surface area contributed by atoms with Crippen LogP contribution < -0.4 is 20.1 Å². The van der Waals surface area contributed by atoms with Crippen molar-refractivity contribution in [1.82, 2.24) is 10.3 Å². The number of anilines is 1. The van der Waals surface area contributed by atoms with Gasteiger partial charge < -0.3 is 20.1 Å². The molecule has 1 aliphatic heterocycles. The fourth-order valence-electron chi connectivity index (χ4n) is 4.70. The van der Waals surface area contributed by atoms with Crippen LogP contribution in [0.5, 0.6) is 11.5 Å². The smallest absolute Gasteiger partial charge is 0.255 e. The number of methoxy groups -OCH3 is 1. The molecule has 0 radical (unpaired) electrons. The molecule has 1 aromatic heterocycles. The van der Waals surface area contributed by atoms with Crippen LogP contribution >= 0.6 is 0 Å². The predicted octanol–water partition coefficient (Wildman–Crippen LogP) is 4.26. The Labute approximate surface area is 205 Å². The van der Waals surface area contributed by atoms with Crippen molar-refractivity contribution in [3.05, 3.63) is 70.2 Å². The first-order valence-corrected chi connectivity index (χ1v) is 11.5. The lowest BCUT2D eigenvalue weighted by molar-refractivity contribution is -0.117. The molecule has 1 aromatic carbocycles. The third-order valence-corrected chi connectivity index (χ3v) is 6.26. The molecule has 7 heteroatoms. The number of aromatic nitrogens is 1. The summed E-state index contributed by atoms with van der Waals surface area (Å²) < 4.78 is 11.1. The molecule has 0 bridgehead atoms. The average Bonchev–Trinajstić information content (AvgIpc) is 2.82. The molecule has 180 valence electrons. The SMILES string of the molecule is C#CCOc1ccc([C@@H]2C(C(=O)Nc3ccc(C)cn3)=C(C)NC3=C2C(=O)C[C@@H](C)C3)cc1OC. The summed E-state index contributed by atoms with van der Waals surface area (Å²) >= 11 is 0. The third-order valence-electron chi connectivity index (χ3n) is 6.26. The molecule has 1 aliphatic carbocycles. The van der Waals surface area contributed by atoms with E-state index < -0.39 is 5.92 Å². The highest BCUT2D eigenvalue weighted by atomic mass is 16.5. The van der Waals surface area contributed by atoms with Gasteiger partial charge in [0.15, 0.2) is 17.3 Å². The second-order valence-corrected chi connectivity index (χ2v) is 9.00. The number of benzene rings is 1. The van der Waals surface area contributed by atoms with Crippen molar-refractivity contribution in [2.45, 2.75) is 39.5 Å². The fourth-order valence-corrected chi connectivity index (χ4v) is 4.70. The van der Waals surface area contributed by atoms with E-state index in [0.29, 0.717) is 40.6 Å². The molecule has 2 atom stereocenters. The van der Waals surface area contributed by atoms with Crippen LogP contribution in [0.15, 0.2) is 59.1 Å². The van der Waals surface area contributed by atoms with E-state index in [1.807, 2.05) is 32.0 Å². The van der Waals surface area contributed by atoms with Crippen LogP contribution in [-0.4, -0.2) is 30.4 Å². The predicted molar refractivity (Wildman–Crippen MR) is 134 cm³/mol. The molecule has 0 saturated carbocycles. The number of Topliss-reactive ketones (excluding diaryl/α,β-unsaturated/α-hetero) is 1. The summed E-state index contributed by atoms with van der Waals surface area (Å²) in [4.78, 5) is 31.2. The molecule has 2 aromatic rings. The lowest BCUT2D eigenvalue weighted by Gasteiger charge is -2.36. The summed E-state index contributed by atoms with van der Waals surface area (Å²) in [5.74, 6) is 3.24. The number of allylic oxidation sites excluding steroid dienone is 3. The zero-order chi connectivity index (χ0) is 25.1. The van der Waals surface area contributed by atoms with Gasteiger partial charge in [-0.05, 0) is 55.5 Å². The standard InChI is InChI=1S/C28H29N3O4/c1-6-11-35-22-9-8-19(14-23(22)34-5)26-25(28(33)31-24-10-7-16(2)15-29-24)18(4)30-20-12-17(3)13-21(32)27(20)26/h1,7-10,14-15,17,26,30H,11-13H2,2-5H3,(H,29,31,33)/t17-,26+/m0/s1. The number of hydrogen-bond donors (Lipinski definition) is 2. The van der Waals surface area contributed by atoms with Crippen molar-refractivity contribution in [1.29, 1.82) is 0 Å². The lowest BCUT2D eigenvalue weighted by atomic mass is 9.73. The first kappa shape index (κ1) is 24.1. The highest BCUT2D eigenvalue weighted by molar-refractivity contribution is 6.09. The minimum atomic E-state index is -0.563. The van der Waals surface area contributed by atoms with Crippen LogP contribution in [0.25, 0.3) is 0 Å². The van der Waals surface area contributed by atoms with Gasteiger partial charge in [-0.1, -0.05) is 25.0 Å². The molecule has 35 heavy (non-hydrogen) atoms. The highest BCUT2D eigenvalue weighted by Crippen LogP contribution is 2.45. The van der Waals surface area contributed by atoms with Crippen molar-refractivity contribution in [3.8, 4) is 23.8 Å². The van der Waals surface area contributed by atoms with Gasteiger partial charge in [-0.15, -0.1) is 6.42 Å². The third kappa shape index (κ3) is 4.92. The molecular weight excluding hydrogens is 442 g/mol. The number of rotatable bonds is 6. The number of dihydropyridines is 1.